The first-order valence-corrected chi connectivity index (χ1v) is 11.7. The molecule has 0 aliphatic carbocycles. The largest absolute Gasteiger partial charge is 0.496 e. The number of ether oxygens (including phenoxy) is 3. The SMILES string of the molecule is COc1cc(C)ccc1C(=O)N/N=C\c1cc(Br)c(OCc2cccc3ccccc23)c(OC)c1. The number of rotatable bonds is 8. The topological polar surface area (TPSA) is 69.2 Å². The number of methoxy groups -OCH3 is 2. The van der Waals surface area contributed by atoms with Crippen LogP contribution in [0.15, 0.2) is 82.4 Å². The normalized spacial score (nSPS) is 11.0. The Kier molecular flexibility index (Phi) is 7.67. The van der Waals surface area contributed by atoms with Gasteiger partial charge in [-0.2, -0.15) is 5.10 Å². The zero-order chi connectivity index (χ0) is 24.8. The number of amides is 1. The minimum absolute atomic E-state index is 0.362. The zero-order valence-corrected chi connectivity index (χ0v) is 21.3. The maximum Gasteiger partial charge on any atom is 0.275 e. The van der Waals surface area contributed by atoms with Crippen LogP contribution in [0.2, 0.25) is 0 Å². The van der Waals surface area contributed by atoms with Crippen molar-refractivity contribution in [1.82, 2.24) is 5.43 Å². The summed E-state index contributed by atoms with van der Waals surface area (Å²) < 4.78 is 17.7. The highest BCUT2D eigenvalue weighted by Crippen LogP contribution is 2.37. The first kappa shape index (κ1) is 24.3. The molecule has 0 atom stereocenters. The van der Waals surface area contributed by atoms with Gasteiger partial charge in [-0.3, -0.25) is 4.79 Å². The number of hydrazone groups is 1. The smallest absolute Gasteiger partial charge is 0.275 e. The van der Waals surface area contributed by atoms with Crippen LogP contribution in [0.25, 0.3) is 10.8 Å². The first-order valence-electron chi connectivity index (χ1n) is 10.9. The summed E-state index contributed by atoms with van der Waals surface area (Å²) in [6.45, 7) is 2.32. The highest BCUT2D eigenvalue weighted by molar-refractivity contribution is 9.10. The van der Waals surface area contributed by atoms with E-state index in [9.17, 15) is 4.79 Å². The van der Waals surface area contributed by atoms with Gasteiger partial charge >= 0.3 is 0 Å². The minimum atomic E-state index is -0.362. The first-order chi connectivity index (χ1) is 17.0. The van der Waals surface area contributed by atoms with E-state index in [2.05, 4.69) is 50.7 Å². The van der Waals surface area contributed by atoms with E-state index in [0.29, 0.717) is 33.9 Å². The molecule has 0 aliphatic heterocycles. The molecule has 4 aromatic rings. The molecule has 6 nitrogen and oxygen atoms in total. The molecule has 0 saturated heterocycles. The maximum absolute atomic E-state index is 12.5. The third-order valence-electron chi connectivity index (χ3n) is 5.49. The molecular weight excluding hydrogens is 508 g/mol. The van der Waals surface area contributed by atoms with Gasteiger partial charge in [-0.25, -0.2) is 5.43 Å². The number of halogens is 1. The van der Waals surface area contributed by atoms with Crippen LogP contribution < -0.4 is 19.6 Å². The van der Waals surface area contributed by atoms with Crippen LogP contribution >= 0.6 is 15.9 Å². The van der Waals surface area contributed by atoms with Crippen molar-refractivity contribution in [2.75, 3.05) is 14.2 Å². The summed E-state index contributed by atoms with van der Waals surface area (Å²) in [5, 5.41) is 6.40. The van der Waals surface area contributed by atoms with Gasteiger partial charge in [0.2, 0.25) is 0 Å². The van der Waals surface area contributed by atoms with Crippen molar-refractivity contribution in [3.63, 3.8) is 0 Å². The van der Waals surface area contributed by atoms with Gasteiger partial charge in [-0.15, -0.1) is 0 Å². The van der Waals surface area contributed by atoms with Crippen molar-refractivity contribution in [2.45, 2.75) is 13.5 Å². The van der Waals surface area contributed by atoms with Crippen molar-refractivity contribution in [3.05, 3.63) is 99.5 Å². The number of carbonyl (C=O) groups excluding carboxylic acids is 1. The van der Waals surface area contributed by atoms with Crippen LogP contribution in [-0.2, 0) is 6.61 Å². The second-order valence-corrected chi connectivity index (χ2v) is 8.72. The van der Waals surface area contributed by atoms with Crippen molar-refractivity contribution >= 4 is 38.8 Å². The molecule has 7 heteroatoms. The standard InChI is InChI=1S/C28H25BrN2O4/c1-18-11-12-23(25(13-18)33-2)28(32)31-30-16-19-14-24(29)27(26(15-19)34-3)35-17-21-9-6-8-20-7-4-5-10-22(20)21/h4-16H,17H2,1-3H3,(H,31,32)/b30-16-. The van der Waals surface area contributed by atoms with Gasteiger partial charge in [-0.1, -0.05) is 48.5 Å². The second kappa shape index (κ2) is 11.1. The molecule has 0 unspecified atom stereocenters. The van der Waals surface area contributed by atoms with E-state index in [1.165, 1.54) is 7.11 Å². The van der Waals surface area contributed by atoms with E-state index in [-0.39, 0.29) is 5.91 Å². The van der Waals surface area contributed by atoms with Crippen LogP contribution in [0.3, 0.4) is 0 Å². The lowest BCUT2D eigenvalue weighted by Crippen LogP contribution is -2.18. The van der Waals surface area contributed by atoms with Gasteiger partial charge in [0.15, 0.2) is 11.5 Å². The fourth-order valence-corrected chi connectivity index (χ4v) is 4.31. The Morgan fingerprint density at radius 1 is 0.971 bits per heavy atom. The number of hydrogen-bond donors (Lipinski definition) is 1. The number of fused-ring (bicyclic) bond motifs is 1. The number of benzene rings is 4. The lowest BCUT2D eigenvalue weighted by molar-refractivity contribution is 0.0952. The summed E-state index contributed by atoms with van der Waals surface area (Å²) in [5.74, 6) is 1.27. The molecule has 1 N–H and O–H groups in total. The zero-order valence-electron chi connectivity index (χ0n) is 19.7. The third kappa shape index (κ3) is 5.63. The van der Waals surface area contributed by atoms with Gasteiger partial charge in [0.1, 0.15) is 12.4 Å². The monoisotopic (exact) mass is 532 g/mol. The second-order valence-electron chi connectivity index (χ2n) is 7.86. The van der Waals surface area contributed by atoms with E-state index < -0.39 is 0 Å². The molecule has 0 spiro atoms. The molecule has 0 saturated carbocycles. The van der Waals surface area contributed by atoms with Crippen LogP contribution in [-0.4, -0.2) is 26.3 Å². The average Bonchev–Trinajstić information content (AvgIpc) is 2.87. The minimum Gasteiger partial charge on any atom is -0.496 e. The van der Waals surface area contributed by atoms with Crippen molar-refractivity contribution in [2.24, 2.45) is 5.10 Å². The quantitative estimate of drug-likeness (QED) is 0.214. The number of aryl methyl sites for hydroxylation is 1. The molecule has 0 aromatic heterocycles. The van der Waals surface area contributed by atoms with E-state index in [4.69, 9.17) is 14.2 Å². The summed E-state index contributed by atoms with van der Waals surface area (Å²) >= 11 is 3.57. The maximum atomic E-state index is 12.5. The molecular formula is C28H25BrN2O4. The number of nitrogens with zero attached hydrogens (tertiary/aromatic N) is 1. The summed E-state index contributed by atoms with van der Waals surface area (Å²) in [6, 6.07) is 23.4. The molecule has 4 rings (SSSR count). The lowest BCUT2D eigenvalue weighted by atomic mass is 10.1. The molecule has 0 aliphatic rings. The van der Waals surface area contributed by atoms with Gasteiger partial charge < -0.3 is 14.2 Å². The average molecular weight is 533 g/mol. The lowest BCUT2D eigenvalue weighted by Gasteiger charge is -2.14. The molecule has 0 radical (unpaired) electrons. The van der Waals surface area contributed by atoms with Crippen LogP contribution in [0.5, 0.6) is 17.2 Å². The Labute approximate surface area is 212 Å². The molecule has 0 bridgehead atoms. The number of hydrogen-bond acceptors (Lipinski definition) is 5. The van der Waals surface area contributed by atoms with Gasteiger partial charge in [-0.05, 0) is 74.6 Å². The molecule has 0 fully saturated rings. The summed E-state index contributed by atoms with van der Waals surface area (Å²) in [6.07, 6.45) is 1.54. The summed E-state index contributed by atoms with van der Waals surface area (Å²) in [5.41, 5.74) is 5.75. The van der Waals surface area contributed by atoms with Crippen molar-refractivity contribution in [1.29, 1.82) is 0 Å². The summed E-state index contributed by atoms with van der Waals surface area (Å²) in [7, 11) is 3.11. The molecule has 35 heavy (non-hydrogen) atoms. The molecule has 4 aromatic carbocycles. The number of nitrogens with one attached hydrogen (secondary N) is 1. The Balaban J connectivity index is 1.48. The number of carbonyl (C=O) groups is 1. The van der Waals surface area contributed by atoms with Crippen molar-refractivity contribution < 1.29 is 19.0 Å². The highest BCUT2D eigenvalue weighted by Gasteiger charge is 2.14. The van der Waals surface area contributed by atoms with Crippen LogP contribution in [0.4, 0.5) is 0 Å². The van der Waals surface area contributed by atoms with Gasteiger partial charge in [0, 0.05) is 0 Å². The van der Waals surface area contributed by atoms with Crippen molar-refractivity contribution in [3.8, 4) is 17.2 Å². The predicted molar refractivity (Wildman–Crippen MR) is 142 cm³/mol. The Morgan fingerprint density at radius 2 is 1.74 bits per heavy atom. The van der Waals surface area contributed by atoms with E-state index in [1.807, 2.05) is 37.3 Å². The Morgan fingerprint density at radius 3 is 2.54 bits per heavy atom. The van der Waals surface area contributed by atoms with Gasteiger partial charge in [0.25, 0.3) is 5.91 Å². The van der Waals surface area contributed by atoms with E-state index in [0.717, 1.165) is 27.5 Å². The fourth-order valence-electron chi connectivity index (χ4n) is 3.73. The molecule has 178 valence electrons. The van der Waals surface area contributed by atoms with E-state index in [1.54, 1.807) is 31.5 Å². The predicted octanol–water partition coefficient (Wildman–Crippen LogP) is 6.27. The van der Waals surface area contributed by atoms with E-state index >= 15 is 0 Å². The fraction of sp³-hybridized carbons (Fsp3) is 0.143. The highest BCUT2D eigenvalue weighted by atomic mass is 79.9. The summed E-state index contributed by atoms with van der Waals surface area (Å²) in [4.78, 5) is 12.5. The third-order valence-corrected chi connectivity index (χ3v) is 6.07. The van der Waals surface area contributed by atoms with Gasteiger partial charge in [0.05, 0.1) is 30.5 Å². The Hall–Kier alpha value is -3.84. The Bertz CT molecular complexity index is 1400. The molecule has 0 heterocycles. The van der Waals surface area contributed by atoms with Crippen LogP contribution in [0, 0.1) is 6.92 Å². The van der Waals surface area contributed by atoms with Crippen LogP contribution in [0.1, 0.15) is 27.0 Å². The molecule has 1 amide bonds.